The van der Waals surface area contributed by atoms with Crippen molar-refractivity contribution in [3.8, 4) is 5.75 Å². The lowest BCUT2D eigenvalue weighted by Gasteiger charge is -2.19. The molecule has 0 saturated carbocycles. The molecule has 2 amide bonds. The molecule has 1 aromatic carbocycles. The van der Waals surface area contributed by atoms with Crippen LogP contribution in [0.5, 0.6) is 5.75 Å². The molecule has 0 bridgehead atoms. The van der Waals surface area contributed by atoms with Crippen LogP contribution in [-0.2, 0) is 16.1 Å². The summed E-state index contributed by atoms with van der Waals surface area (Å²) in [6, 6.07) is 12.8. The summed E-state index contributed by atoms with van der Waals surface area (Å²) in [4.78, 5) is 31.8. The number of hydrogen-bond donors (Lipinski definition) is 4. The summed E-state index contributed by atoms with van der Waals surface area (Å²) in [7, 11) is 0. The first-order chi connectivity index (χ1) is 15.0. The maximum absolute atomic E-state index is 12.3. The number of carbonyl (C=O) groups is 2. The van der Waals surface area contributed by atoms with Gasteiger partial charge in [-0.2, -0.15) is 0 Å². The second kappa shape index (κ2) is 11.1. The first-order valence-electron chi connectivity index (χ1n) is 10.5. The second-order valence-corrected chi connectivity index (χ2v) is 7.36. The Morgan fingerprint density at radius 2 is 2.00 bits per heavy atom. The van der Waals surface area contributed by atoms with Gasteiger partial charge in [-0.15, -0.1) is 0 Å². The number of fused-ring (bicyclic) bond motifs is 1. The molecule has 0 spiro atoms. The van der Waals surface area contributed by atoms with Crippen molar-refractivity contribution in [2.45, 2.75) is 39.0 Å². The highest BCUT2D eigenvalue weighted by Crippen LogP contribution is 2.13. The normalized spacial score (nSPS) is 12.8. The molecule has 0 fully saturated rings. The second-order valence-electron chi connectivity index (χ2n) is 7.36. The molecule has 8 heteroatoms. The Kier molecular flexibility index (Phi) is 8.00. The van der Waals surface area contributed by atoms with E-state index in [1.165, 1.54) is 0 Å². The van der Waals surface area contributed by atoms with Gasteiger partial charge in [0.25, 0.3) is 0 Å². The topological polar surface area (TPSA) is 108 Å². The van der Waals surface area contributed by atoms with Crippen molar-refractivity contribution in [3.05, 3.63) is 60.6 Å². The minimum absolute atomic E-state index is 0.0394. The maximum Gasteiger partial charge on any atom is 0.242 e. The number of para-hydroxylation sites is 1. The van der Waals surface area contributed by atoms with Crippen LogP contribution in [0.1, 0.15) is 26.0 Å². The van der Waals surface area contributed by atoms with Crippen LogP contribution in [0.3, 0.4) is 0 Å². The van der Waals surface area contributed by atoms with Crippen LogP contribution in [0.15, 0.2) is 54.9 Å². The summed E-state index contributed by atoms with van der Waals surface area (Å²) >= 11 is 0. The third kappa shape index (κ3) is 6.82. The molecule has 3 rings (SSSR count). The summed E-state index contributed by atoms with van der Waals surface area (Å²) in [5.41, 5.74) is 1.84. The Bertz CT molecular complexity index is 956. The largest absolute Gasteiger partial charge is 0.489 e. The molecule has 31 heavy (non-hydrogen) atoms. The van der Waals surface area contributed by atoms with Crippen molar-refractivity contribution in [1.29, 1.82) is 0 Å². The molecule has 0 unspecified atom stereocenters. The minimum Gasteiger partial charge on any atom is -0.489 e. The van der Waals surface area contributed by atoms with E-state index in [4.69, 9.17) is 4.74 Å². The quantitative estimate of drug-likeness (QED) is 0.378. The van der Waals surface area contributed by atoms with Crippen LogP contribution < -0.4 is 20.7 Å². The molecule has 164 valence electrons. The molecular weight excluding hydrogens is 394 g/mol. The van der Waals surface area contributed by atoms with E-state index < -0.39 is 6.04 Å². The molecule has 0 radical (unpaired) electrons. The van der Waals surface area contributed by atoms with Crippen molar-refractivity contribution < 1.29 is 14.3 Å². The molecule has 2 atom stereocenters. The third-order valence-electron chi connectivity index (χ3n) is 4.86. The number of nitrogens with one attached hydrogen (secondary N) is 4. The van der Waals surface area contributed by atoms with Crippen molar-refractivity contribution in [1.82, 2.24) is 25.9 Å². The first-order valence-corrected chi connectivity index (χ1v) is 10.5. The van der Waals surface area contributed by atoms with Gasteiger partial charge in [0.15, 0.2) is 0 Å². The number of aromatic amines is 1. The molecule has 8 nitrogen and oxygen atoms in total. The number of carbonyl (C=O) groups excluding carboxylic acids is 2. The molecular formula is C23H29N5O3. The number of nitrogens with zero attached hydrogens (tertiary/aromatic N) is 1. The Labute approximate surface area is 181 Å². The SMILES string of the molecule is CC[C@@H](CNCC(=O)N[C@@H](C)C(=O)NCc1cc2cnccc2[nH]1)Oc1ccccc1. The fourth-order valence-electron chi connectivity index (χ4n) is 3.13. The van der Waals surface area contributed by atoms with Gasteiger partial charge in [-0.3, -0.25) is 14.6 Å². The summed E-state index contributed by atoms with van der Waals surface area (Å²) in [6.07, 6.45) is 4.25. The summed E-state index contributed by atoms with van der Waals surface area (Å²) in [5.74, 6) is 0.315. The number of H-pyrrole nitrogens is 1. The average Bonchev–Trinajstić information content (AvgIpc) is 3.20. The zero-order valence-corrected chi connectivity index (χ0v) is 17.9. The molecule has 0 aliphatic rings. The van der Waals surface area contributed by atoms with Crippen molar-refractivity contribution >= 4 is 22.7 Å². The van der Waals surface area contributed by atoms with Gasteiger partial charge in [-0.25, -0.2) is 0 Å². The summed E-state index contributed by atoms with van der Waals surface area (Å²) < 4.78 is 5.90. The monoisotopic (exact) mass is 423 g/mol. The number of amides is 2. The molecule has 2 heterocycles. The van der Waals surface area contributed by atoms with Gasteiger partial charge in [-0.1, -0.05) is 25.1 Å². The Balaban J connectivity index is 1.36. The Morgan fingerprint density at radius 3 is 2.74 bits per heavy atom. The number of pyridine rings is 1. The van der Waals surface area contributed by atoms with Crippen LogP contribution in [0, 0.1) is 0 Å². The lowest BCUT2D eigenvalue weighted by Crippen LogP contribution is -2.47. The molecule has 0 aliphatic heterocycles. The predicted octanol–water partition coefficient (Wildman–Crippen LogP) is 2.13. The molecule has 4 N–H and O–H groups in total. The van der Waals surface area contributed by atoms with Gasteiger partial charge in [-0.05, 0) is 37.6 Å². The van der Waals surface area contributed by atoms with E-state index in [2.05, 4.69) is 25.9 Å². The minimum atomic E-state index is -0.636. The van der Waals surface area contributed by atoms with E-state index in [0.29, 0.717) is 13.1 Å². The van der Waals surface area contributed by atoms with Crippen LogP contribution in [0.4, 0.5) is 0 Å². The molecule has 0 aliphatic carbocycles. The molecule has 3 aromatic rings. The maximum atomic E-state index is 12.3. The zero-order chi connectivity index (χ0) is 22.1. The number of hydrogen-bond acceptors (Lipinski definition) is 5. The summed E-state index contributed by atoms with van der Waals surface area (Å²) in [5, 5.41) is 9.62. The van der Waals surface area contributed by atoms with E-state index in [-0.39, 0.29) is 24.5 Å². The first kappa shape index (κ1) is 22.3. The lowest BCUT2D eigenvalue weighted by atomic mass is 10.2. The fraction of sp³-hybridized carbons (Fsp3) is 0.348. The van der Waals surface area contributed by atoms with Crippen molar-refractivity contribution in [2.75, 3.05) is 13.1 Å². The van der Waals surface area contributed by atoms with Crippen LogP contribution >= 0.6 is 0 Å². The van der Waals surface area contributed by atoms with Gasteiger partial charge >= 0.3 is 0 Å². The molecule has 2 aromatic heterocycles. The highest BCUT2D eigenvalue weighted by Gasteiger charge is 2.16. The van der Waals surface area contributed by atoms with E-state index in [1.54, 1.807) is 19.3 Å². The van der Waals surface area contributed by atoms with Crippen LogP contribution in [0.25, 0.3) is 10.9 Å². The fourth-order valence-corrected chi connectivity index (χ4v) is 3.13. The van der Waals surface area contributed by atoms with E-state index in [9.17, 15) is 9.59 Å². The number of ether oxygens (including phenoxy) is 1. The zero-order valence-electron chi connectivity index (χ0n) is 17.9. The molecule has 0 saturated heterocycles. The highest BCUT2D eigenvalue weighted by molar-refractivity contribution is 5.88. The van der Waals surface area contributed by atoms with Gasteiger partial charge < -0.3 is 25.7 Å². The average molecular weight is 424 g/mol. The smallest absolute Gasteiger partial charge is 0.242 e. The Hall–Kier alpha value is -3.39. The van der Waals surface area contributed by atoms with E-state index >= 15 is 0 Å². The van der Waals surface area contributed by atoms with Crippen molar-refractivity contribution in [3.63, 3.8) is 0 Å². The number of aromatic nitrogens is 2. The lowest BCUT2D eigenvalue weighted by molar-refractivity contribution is -0.128. The summed E-state index contributed by atoms with van der Waals surface area (Å²) in [6.45, 7) is 4.69. The van der Waals surface area contributed by atoms with Gasteiger partial charge in [0.05, 0.1) is 13.1 Å². The van der Waals surface area contributed by atoms with Crippen molar-refractivity contribution in [2.24, 2.45) is 0 Å². The van der Waals surface area contributed by atoms with Crippen LogP contribution in [0.2, 0.25) is 0 Å². The van der Waals surface area contributed by atoms with Crippen LogP contribution in [-0.4, -0.2) is 47.0 Å². The van der Waals surface area contributed by atoms with E-state index in [1.807, 2.05) is 49.4 Å². The highest BCUT2D eigenvalue weighted by atomic mass is 16.5. The standard InChI is InChI=1S/C23H29N5O3/c1-3-19(31-20-7-5-4-6-8-20)14-25-15-22(29)27-16(2)23(30)26-13-18-11-17-12-24-10-9-21(17)28-18/h4-12,16,19,25,28H,3,13-15H2,1-2H3,(H,26,30)(H,27,29)/t16-,19-/m0/s1. The number of rotatable bonds is 11. The van der Waals surface area contributed by atoms with E-state index in [0.717, 1.165) is 28.8 Å². The Morgan fingerprint density at radius 1 is 1.19 bits per heavy atom. The van der Waals surface area contributed by atoms with Gasteiger partial charge in [0, 0.05) is 35.5 Å². The van der Waals surface area contributed by atoms with Gasteiger partial charge in [0.2, 0.25) is 11.8 Å². The number of benzene rings is 1. The predicted molar refractivity (Wildman–Crippen MR) is 120 cm³/mol. The van der Waals surface area contributed by atoms with Gasteiger partial charge in [0.1, 0.15) is 17.9 Å². The third-order valence-corrected chi connectivity index (χ3v) is 4.86.